The molecule has 1 aliphatic heterocycles. The van der Waals surface area contributed by atoms with Crippen molar-refractivity contribution in [2.45, 2.75) is 6.42 Å². The first-order valence-electron chi connectivity index (χ1n) is 6.94. The van der Waals surface area contributed by atoms with Crippen molar-refractivity contribution in [3.63, 3.8) is 0 Å². The summed E-state index contributed by atoms with van der Waals surface area (Å²) in [6, 6.07) is 9.77. The number of anilines is 1. The number of nitrogens with zero attached hydrogens (tertiary/aromatic N) is 2. The van der Waals surface area contributed by atoms with Crippen molar-refractivity contribution in [1.82, 2.24) is 15.3 Å². The zero-order valence-electron chi connectivity index (χ0n) is 11.3. The van der Waals surface area contributed by atoms with Gasteiger partial charge in [0.25, 0.3) is 5.56 Å². The van der Waals surface area contributed by atoms with E-state index < -0.39 is 0 Å². The molecule has 0 amide bonds. The molecule has 104 valence electrons. The Morgan fingerprint density at radius 1 is 1.10 bits per heavy atom. The highest BCUT2D eigenvalue weighted by atomic mass is 16.1. The summed E-state index contributed by atoms with van der Waals surface area (Å²) in [5.74, 6) is 0. The average Bonchev–Trinajstić information content (AvgIpc) is 2.76. The molecule has 0 unspecified atom stereocenters. The van der Waals surface area contributed by atoms with Gasteiger partial charge in [-0.05, 0) is 25.1 Å². The SMILES string of the molecule is O=c1cc(-c2ccc(N3CCCNCC3)cc2)nc[nH]1. The zero-order valence-corrected chi connectivity index (χ0v) is 11.3. The van der Waals surface area contributed by atoms with Gasteiger partial charge in [-0.15, -0.1) is 0 Å². The third kappa shape index (κ3) is 2.88. The fourth-order valence-electron chi connectivity index (χ4n) is 2.47. The monoisotopic (exact) mass is 270 g/mol. The van der Waals surface area contributed by atoms with Crippen LogP contribution in [0.2, 0.25) is 0 Å². The lowest BCUT2D eigenvalue weighted by Gasteiger charge is -2.22. The van der Waals surface area contributed by atoms with E-state index in [4.69, 9.17) is 0 Å². The average molecular weight is 270 g/mol. The summed E-state index contributed by atoms with van der Waals surface area (Å²) in [6.45, 7) is 4.22. The lowest BCUT2D eigenvalue weighted by Crippen LogP contribution is -2.27. The lowest BCUT2D eigenvalue weighted by atomic mass is 10.1. The minimum Gasteiger partial charge on any atom is -0.370 e. The molecule has 1 aromatic carbocycles. The Bertz CT molecular complexity index is 612. The Hall–Kier alpha value is -2.14. The summed E-state index contributed by atoms with van der Waals surface area (Å²) < 4.78 is 0. The fraction of sp³-hybridized carbons (Fsp3) is 0.333. The molecule has 3 rings (SSSR count). The highest BCUT2D eigenvalue weighted by Crippen LogP contribution is 2.21. The summed E-state index contributed by atoms with van der Waals surface area (Å²) in [6.07, 6.45) is 2.60. The molecule has 0 atom stereocenters. The second-order valence-corrected chi connectivity index (χ2v) is 4.93. The zero-order chi connectivity index (χ0) is 13.8. The highest BCUT2D eigenvalue weighted by Gasteiger charge is 2.09. The maximum Gasteiger partial charge on any atom is 0.251 e. The Morgan fingerprint density at radius 3 is 2.75 bits per heavy atom. The third-order valence-electron chi connectivity index (χ3n) is 3.55. The fourth-order valence-corrected chi connectivity index (χ4v) is 2.47. The standard InChI is InChI=1S/C15H18N4O/c20-15-10-14(17-11-18-15)12-2-4-13(5-3-12)19-8-1-6-16-7-9-19/h2-5,10-11,16H,1,6-9H2,(H,17,18,20). The van der Waals surface area contributed by atoms with Gasteiger partial charge in [0.2, 0.25) is 0 Å². The summed E-state index contributed by atoms with van der Waals surface area (Å²) in [7, 11) is 0. The van der Waals surface area contributed by atoms with E-state index in [-0.39, 0.29) is 5.56 Å². The van der Waals surface area contributed by atoms with Crippen LogP contribution in [0.3, 0.4) is 0 Å². The van der Waals surface area contributed by atoms with Crippen molar-refractivity contribution in [2.75, 3.05) is 31.1 Å². The van der Waals surface area contributed by atoms with E-state index >= 15 is 0 Å². The van der Waals surface area contributed by atoms with Crippen molar-refractivity contribution < 1.29 is 0 Å². The van der Waals surface area contributed by atoms with Gasteiger partial charge >= 0.3 is 0 Å². The van der Waals surface area contributed by atoms with Gasteiger partial charge in [0.05, 0.1) is 12.0 Å². The van der Waals surface area contributed by atoms with Crippen LogP contribution >= 0.6 is 0 Å². The number of aromatic amines is 1. The molecule has 1 aliphatic rings. The molecule has 1 fully saturated rings. The first kappa shape index (κ1) is 12.9. The summed E-state index contributed by atoms with van der Waals surface area (Å²) in [4.78, 5) is 20.4. The third-order valence-corrected chi connectivity index (χ3v) is 3.55. The Balaban J connectivity index is 1.82. The van der Waals surface area contributed by atoms with Gasteiger partial charge in [0.15, 0.2) is 0 Å². The molecule has 2 aromatic rings. The van der Waals surface area contributed by atoms with Crippen molar-refractivity contribution in [2.24, 2.45) is 0 Å². The molecule has 0 spiro atoms. The second-order valence-electron chi connectivity index (χ2n) is 4.93. The second kappa shape index (κ2) is 5.88. The minimum absolute atomic E-state index is 0.127. The molecular formula is C15H18N4O. The van der Waals surface area contributed by atoms with Crippen LogP contribution in [-0.4, -0.2) is 36.1 Å². The van der Waals surface area contributed by atoms with Gasteiger partial charge in [-0.2, -0.15) is 0 Å². The van der Waals surface area contributed by atoms with E-state index in [0.29, 0.717) is 5.69 Å². The van der Waals surface area contributed by atoms with Crippen LogP contribution in [0.4, 0.5) is 5.69 Å². The Labute approximate surface area is 117 Å². The molecule has 1 saturated heterocycles. The van der Waals surface area contributed by atoms with Crippen LogP contribution in [0, 0.1) is 0 Å². The number of hydrogen-bond acceptors (Lipinski definition) is 4. The quantitative estimate of drug-likeness (QED) is 0.862. The predicted octanol–water partition coefficient (Wildman–Crippen LogP) is 1.24. The van der Waals surface area contributed by atoms with Gasteiger partial charge < -0.3 is 15.2 Å². The lowest BCUT2D eigenvalue weighted by molar-refractivity contribution is 0.724. The molecule has 20 heavy (non-hydrogen) atoms. The summed E-state index contributed by atoms with van der Waals surface area (Å²) in [5.41, 5.74) is 2.77. The molecule has 2 N–H and O–H groups in total. The Kier molecular flexibility index (Phi) is 3.78. The van der Waals surface area contributed by atoms with Crippen molar-refractivity contribution in [1.29, 1.82) is 0 Å². The Morgan fingerprint density at radius 2 is 1.95 bits per heavy atom. The number of hydrogen-bond donors (Lipinski definition) is 2. The number of aromatic nitrogens is 2. The smallest absolute Gasteiger partial charge is 0.251 e. The molecule has 5 heteroatoms. The van der Waals surface area contributed by atoms with Crippen molar-refractivity contribution >= 4 is 5.69 Å². The van der Waals surface area contributed by atoms with Gasteiger partial charge in [-0.1, -0.05) is 12.1 Å². The van der Waals surface area contributed by atoms with Crippen LogP contribution < -0.4 is 15.8 Å². The number of H-pyrrole nitrogens is 1. The van der Waals surface area contributed by atoms with Gasteiger partial charge in [0.1, 0.15) is 0 Å². The van der Waals surface area contributed by atoms with Crippen LogP contribution in [0.5, 0.6) is 0 Å². The van der Waals surface area contributed by atoms with Crippen LogP contribution in [0.25, 0.3) is 11.3 Å². The molecule has 0 aliphatic carbocycles. The number of nitrogens with one attached hydrogen (secondary N) is 2. The minimum atomic E-state index is -0.127. The number of rotatable bonds is 2. The summed E-state index contributed by atoms with van der Waals surface area (Å²) >= 11 is 0. The van der Waals surface area contributed by atoms with E-state index in [1.165, 1.54) is 18.1 Å². The van der Waals surface area contributed by atoms with E-state index in [1.54, 1.807) is 0 Å². The largest absolute Gasteiger partial charge is 0.370 e. The van der Waals surface area contributed by atoms with E-state index in [0.717, 1.165) is 38.2 Å². The van der Waals surface area contributed by atoms with Crippen molar-refractivity contribution in [3.8, 4) is 11.3 Å². The molecular weight excluding hydrogens is 252 g/mol. The molecule has 1 aromatic heterocycles. The molecule has 0 bridgehead atoms. The first-order valence-corrected chi connectivity index (χ1v) is 6.94. The number of benzene rings is 1. The van der Waals surface area contributed by atoms with Crippen LogP contribution in [-0.2, 0) is 0 Å². The van der Waals surface area contributed by atoms with Crippen LogP contribution in [0.15, 0.2) is 41.5 Å². The molecule has 2 heterocycles. The maximum atomic E-state index is 11.3. The summed E-state index contributed by atoms with van der Waals surface area (Å²) in [5, 5.41) is 3.40. The van der Waals surface area contributed by atoms with Gasteiger partial charge in [-0.25, -0.2) is 4.98 Å². The maximum absolute atomic E-state index is 11.3. The molecule has 0 saturated carbocycles. The van der Waals surface area contributed by atoms with Crippen molar-refractivity contribution in [3.05, 3.63) is 47.0 Å². The predicted molar refractivity (Wildman–Crippen MR) is 80.0 cm³/mol. The first-order chi connectivity index (χ1) is 9.83. The van der Waals surface area contributed by atoms with E-state index in [1.807, 2.05) is 12.1 Å². The molecule has 5 nitrogen and oxygen atoms in total. The van der Waals surface area contributed by atoms with E-state index in [9.17, 15) is 4.79 Å². The van der Waals surface area contributed by atoms with Crippen LogP contribution in [0.1, 0.15) is 6.42 Å². The highest BCUT2D eigenvalue weighted by molar-refractivity contribution is 5.62. The molecule has 0 radical (unpaired) electrons. The van der Waals surface area contributed by atoms with Gasteiger partial charge in [-0.3, -0.25) is 4.79 Å². The topological polar surface area (TPSA) is 61.0 Å². The van der Waals surface area contributed by atoms with Gasteiger partial charge in [0, 0.05) is 37.0 Å². The van der Waals surface area contributed by atoms with E-state index in [2.05, 4.69) is 32.3 Å². The normalized spacial score (nSPS) is 15.9.